The molecule has 27 heavy (non-hydrogen) atoms. The number of amides is 1. The molecule has 144 valence electrons. The second-order valence-electron chi connectivity index (χ2n) is 6.51. The second kappa shape index (κ2) is 7.08. The Labute approximate surface area is 155 Å². The zero-order valence-electron chi connectivity index (χ0n) is 15.0. The fourth-order valence-electron chi connectivity index (χ4n) is 2.40. The molecule has 0 spiro atoms. The summed E-state index contributed by atoms with van der Waals surface area (Å²) in [5.74, 6) is -0.292. The maximum absolute atomic E-state index is 12.6. The van der Waals surface area contributed by atoms with Gasteiger partial charge in [0.1, 0.15) is 11.2 Å². The van der Waals surface area contributed by atoms with E-state index in [9.17, 15) is 13.2 Å². The minimum Gasteiger partial charge on any atom is -0.443 e. The largest absolute Gasteiger partial charge is 0.443 e. The lowest BCUT2D eigenvalue weighted by atomic mass is 10.0. The second-order valence-corrected chi connectivity index (χ2v) is 8.15. The van der Waals surface area contributed by atoms with E-state index in [1.54, 1.807) is 38.2 Å². The van der Waals surface area contributed by atoms with Crippen LogP contribution in [0.1, 0.15) is 29.9 Å². The van der Waals surface area contributed by atoms with Crippen LogP contribution >= 0.6 is 0 Å². The molecule has 0 unspecified atom stereocenters. The highest BCUT2D eigenvalue weighted by Crippen LogP contribution is 2.19. The van der Waals surface area contributed by atoms with Crippen LogP contribution in [-0.4, -0.2) is 47.2 Å². The summed E-state index contributed by atoms with van der Waals surface area (Å²) < 4.78 is 33.3. The van der Waals surface area contributed by atoms with Gasteiger partial charge < -0.3 is 9.73 Å². The number of carbonyl (C=O) groups is 1. The summed E-state index contributed by atoms with van der Waals surface area (Å²) in [5.41, 5.74) is 1.37. The lowest BCUT2D eigenvalue weighted by molar-refractivity contribution is 0.0910. The van der Waals surface area contributed by atoms with Gasteiger partial charge in [-0.2, -0.15) is 8.42 Å². The third kappa shape index (κ3) is 4.68. The molecule has 0 fully saturated rings. The van der Waals surface area contributed by atoms with E-state index in [2.05, 4.69) is 24.8 Å². The monoisotopic (exact) mass is 393 g/mol. The summed E-state index contributed by atoms with van der Waals surface area (Å²) in [6.45, 7) is 3.75. The Bertz CT molecular complexity index is 1070. The predicted molar refractivity (Wildman–Crippen MR) is 95.3 cm³/mol. The van der Waals surface area contributed by atoms with Crippen molar-refractivity contribution in [3.05, 3.63) is 42.0 Å². The Kier molecular flexibility index (Phi) is 4.98. The minimum atomic E-state index is -3.50. The first-order chi connectivity index (χ1) is 12.6. The van der Waals surface area contributed by atoms with Gasteiger partial charge in [-0.05, 0) is 32.0 Å². The maximum Gasteiger partial charge on any atom is 0.264 e. The van der Waals surface area contributed by atoms with Crippen molar-refractivity contribution in [3.8, 4) is 0 Å². The molecule has 2 aromatic heterocycles. The van der Waals surface area contributed by atoms with Crippen molar-refractivity contribution >= 4 is 27.1 Å². The van der Waals surface area contributed by atoms with Crippen molar-refractivity contribution in [1.82, 2.24) is 25.3 Å². The van der Waals surface area contributed by atoms with Gasteiger partial charge in [-0.25, -0.2) is 9.67 Å². The SMILES string of the molecule is CC(C)(NC(=O)c1ccc2ocnc2c1)c1cn(CCOS(C)(=O)=O)nn1. The molecule has 0 bridgehead atoms. The maximum atomic E-state index is 12.6. The molecule has 3 rings (SSSR count). The molecule has 0 aliphatic carbocycles. The van der Waals surface area contributed by atoms with Gasteiger partial charge in [0.25, 0.3) is 16.0 Å². The Morgan fingerprint density at radius 2 is 2.15 bits per heavy atom. The molecule has 1 aromatic carbocycles. The number of hydrogen-bond acceptors (Lipinski definition) is 8. The molecule has 1 N–H and O–H groups in total. The topological polar surface area (TPSA) is 129 Å². The molecule has 10 nitrogen and oxygen atoms in total. The predicted octanol–water partition coefficient (Wildman–Crippen LogP) is 1.06. The van der Waals surface area contributed by atoms with Crippen LogP contribution in [0.15, 0.2) is 35.2 Å². The molecule has 0 saturated carbocycles. The van der Waals surface area contributed by atoms with E-state index in [1.165, 1.54) is 11.1 Å². The average molecular weight is 393 g/mol. The standard InChI is InChI=1S/C16H19N5O5S/c1-16(2,14-9-21(20-19-14)6-7-26-27(3,23)24)18-15(22)11-4-5-13-12(8-11)17-10-25-13/h4-5,8-10H,6-7H2,1-3H3,(H,18,22). The molecule has 2 heterocycles. The highest BCUT2D eigenvalue weighted by molar-refractivity contribution is 7.85. The molecule has 1 amide bonds. The number of carbonyl (C=O) groups excluding carboxylic acids is 1. The van der Waals surface area contributed by atoms with Crippen molar-refractivity contribution < 1.29 is 21.8 Å². The number of fused-ring (bicyclic) bond motifs is 1. The first kappa shape index (κ1) is 19.0. The van der Waals surface area contributed by atoms with Gasteiger partial charge in [-0.15, -0.1) is 5.10 Å². The van der Waals surface area contributed by atoms with Crippen LogP contribution < -0.4 is 5.32 Å². The van der Waals surface area contributed by atoms with Gasteiger partial charge in [0, 0.05) is 5.56 Å². The zero-order valence-corrected chi connectivity index (χ0v) is 15.9. The van der Waals surface area contributed by atoms with Gasteiger partial charge in [0.2, 0.25) is 0 Å². The van der Waals surface area contributed by atoms with E-state index in [0.717, 1.165) is 6.26 Å². The van der Waals surface area contributed by atoms with Gasteiger partial charge in [-0.3, -0.25) is 8.98 Å². The molecule has 0 atom stereocenters. The Morgan fingerprint density at radius 3 is 2.89 bits per heavy atom. The summed E-state index contributed by atoms with van der Waals surface area (Å²) >= 11 is 0. The Hall–Kier alpha value is -2.79. The van der Waals surface area contributed by atoms with Crippen LogP contribution in [0.3, 0.4) is 0 Å². The third-order valence-corrected chi connectivity index (χ3v) is 4.41. The molecule has 3 aromatic rings. The van der Waals surface area contributed by atoms with E-state index < -0.39 is 15.7 Å². The van der Waals surface area contributed by atoms with E-state index in [4.69, 9.17) is 4.42 Å². The van der Waals surface area contributed by atoms with Crippen molar-refractivity contribution in [2.24, 2.45) is 0 Å². The van der Waals surface area contributed by atoms with Crippen molar-refractivity contribution in [2.45, 2.75) is 25.9 Å². The van der Waals surface area contributed by atoms with E-state index in [1.807, 2.05) is 0 Å². The molecule has 0 aliphatic heterocycles. The number of oxazole rings is 1. The highest BCUT2D eigenvalue weighted by atomic mass is 32.2. The minimum absolute atomic E-state index is 0.0495. The smallest absolute Gasteiger partial charge is 0.264 e. The van der Waals surface area contributed by atoms with E-state index in [0.29, 0.717) is 22.4 Å². The van der Waals surface area contributed by atoms with Crippen molar-refractivity contribution in [2.75, 3.05) is 12.9 Å². The van der Waals surface area contributed by atoms with Gasteiger partial charge in [-0.1, -0.05) is 5.21 Å². The normalized spacial score (nSPS) is 12.4. The molecule has 11 heteroatoms. The first-order valence-electron chi connectivity index (χ1n) is 8.05. The fraction of sp³-hybridized carbons (Fsp3) is 0.375. The van der Waals surface area contributed by atoms with Crippen LogP contribution in [0, 0.1) is 0 Å². The lowest BCUT2D eigenvalue weighted by Crippen LogP contribution is -2.41. The summed E-state index contributed by atoms with van der Waals surface area (Å²) in [5, 5.41) is 10.9. The summed E-state index contributed by atoms with van der Waals surface area (Å²) in [6.07, 6.45) is 3.93. The number of nitrogens with one attached hydrogen (secondary N) is 1. The van der Waals surface area contributed by atoms with Crippen LogP contribution in [0.2, 0.25) is 0 Å². The van der Waals surface area contributed by atoms with Crippen LogP contribution in [0.4, 0.5) is 0 Å². The van der Waals surface area contributed by atoms with Gasteiger partial charge in [0.05, 0.1) is 31.1 Å². The van der Waals surface area contributed by atoms with Gasteiger partial charge in [0.15, 0.2) is 12.0 Å². The third-order valence-electron chi connectivity index (χ3n) is 3.82. The molecule has 0 saturated heterocycles. The summed E-state index contributed by atoms with van der Waals surface area (Å²) in [4.78, 5) is 16.6. The number of hydrogen-bond donors (Lipinski definition) is 1. The summed E-state index contributed by atoms with van der Waals surface area (Å²) in [7, 11) is -3.50. The quantitative estimate of drug-likeness (QED) is 0.590. The van der Waals surface area contributed by atoms with E-state index >= 15 is 0 Å². The number of aromatic nitrogens is 4. The van der Waals surface area contributed by atoms with E-state index in [-0.39, 0.29) is 19.1 Å². The van der Waals surface area contributed by atoms with Gasteiger partial charge >= 0.3 is 0 Å². The fourth-order valence-corrected chi connectivity index (χ4v) is 2.77. The molecule has 0 aliphatic rings. The van der Waals surface area contributed by atoms with Crippen molar-refractivity contribution in [1.29, 1.82) is 0 Å². The average Bonchev–Trinajstić information content (AvgIpc) is 3.21. The highest BCUT2D eigenvalue weighted by Gasteiger charge is 2.27. The van der Waals surface area contributed by atoms with Crippen LogP contribution in [0.25, 0.3) is 11.1 Å². The number of rotatable bonds is 7. The Balaban J connectivity index is 1.67. The lowest BCUT2D eigenvalue weighted by Gasteiger charge is -2.23. The molecular formula is C16H19N5O5S. The Morgan fingerprint density at radius 1 is 1.37 bits per heavy atom. The van der Waals surface area contributed by atoms with Crippen LogP contribution in [0.5, 0.6) is 0 Å². The summed E-state index contributed by atoms with van der Waals surface area (Å²) in [6, 6.07) is 4.98. The molecular weight excluding hydrogens is 374 g/mol. The number of nitrogens with zero attached hydrogens (tertiary/aromatic N) is 4. The first-order valence-corrected chi connectivity index (χ1v) is 9.86. The molecule has 0 radical (unpaired) electrons. The number of benzene rings is 1. The van der Waals surface area contributed by atoms with Crippen LogP contribution in [-0.2, 0) is 26.4 Å². The zero-order chi connectivity index (χ0) is 19.7. The van der Waals surface area contributed by atoms with Crippen molar-refractivity contribution in [3.63, 3.8) is 0 Å².